The number of fused-ring (bicyclic) bond motifs is 1. The molecule has 1 aromatic carbocycles. The summed E-state index contributed by atoms with van der Waals surface area (Å²) < 4.78 is 141. The zero-order chi connectivity index (χ0) is 23.9. The molecule has 174 valence electrons. The molecule has 16 heteroatoms. The van der Waals surface area contributed by atoms with Gasteiger partial charge in [0.05, 0.1) is 17.8 Å². The Kier molecular flexibility index (Phi) is 6.30. The van der Waals surface area contributed by atoms with Gasteiger partial charge in [-0.15, -0.1) is 0 Å². The van der Waals surface area contributed by atoms with Crippen LogP contribution in [0.1, 0.15) is 15.9 Å². The van der Waals surface area contributed by atoms with Gasteiger partial charge in [0.2, 0.25) is 0 Å². The molecule has 2 rings (SSSR count). The molecule has 31 heavy (non-hydrogen) atoms. The van der Waals surface area contributed by atoms with Gasteiger partial charge in [-0.25, -0.2) is 4.79 Å². The van der Waals surface area contributed by atoms with E-state index in [9.17, 15) is 48.7 Å². The van der Waals surface area contributed by atoms with Crippen molar-refractivity contribution >= 4 is 11.7 Å². The fourth-order valence-corrected chi connectivity index (χ4v) is 2.18. The third-order valence-electron chi connectivity index (χ3n) is 3.87. The number of rotatable bonds is 7. The lowest BCUT2D eigenvalue weighted by molar-refractivity contribution is -0.464. The van der Waals surface area contributed by atoms with Gasteiger partial charge >= 0.3 is 36.1 Å². The van der Waals surface area contributed by atoms with Crippen molar-refractivity contribution in [2.75, 3.05) is 13.7 Å². The number of carbonyl (C=O) groups is 1. The van der Waals surface area contributed by atoms with E-state index >= 15 is 0 Å². The van der Waals surface area contributed by atoms with Crippen LogP contribution in [0.5, 0.6) is 0 Å². The first kappa shape index (κ1) is 24.8. The molecule has 0 fully saturated rings. The normalized spacial score (nSPS) is 18.3. The molecule has 2 atom stereocenters. The molecular weight excluding hydrogens is 462 g/mol. The van der Waals surface area contributed by atoms with Crippen molar-refractivity contribution in [1.82, 2.24) is 0 Å². The lowest BCUT2D eigenvalue weighted by Crippen LogP contribution is -2.60. The van der Waals surface area contributed by atoms with E-state index in [1.807, 2.05) is 0 Å². The molecule has 0 aromatic heterocycles. The molecule has 0 aliphatic carbocycles. The Morgan fingerprint density at radius 3 is 2.13 bits per heavy atom. The van der Waals surface area contributed by atoms with Crippen LogP contribution >= 0.6 is 0 Å². The molecule has 1 aliphatic heterocycles. The molecule has 0 spiro atoms. The van der Waals surface area contributed by atoms with Crippen molar-refractivity contribution in [3.8, 4) is 0 Å². The summed E-state index contributed by atoms with van der Waals surface area (Å²) in [5.74, 6) is -13.3. The van der Waals surface area contributed by atoms with Crippen molar-refractivity contribution in [1.29, 1.82) is 0 Å². The fourth-order valence-electron chi connectivity index (χ4n) is 2.18. The lowest BCUT2D eigenvalue weighted by atomic mass is 10.1. The number of halogens is 10. The molecule has 1 heterocycles. The molecule has 0 N–H and O–H groups in total. The number of azo groups is 1. The highest BCUT2D eigenvalue weighted by Crippen LogP contribution is 2.47. The topological polar surface area (TPSA) is 69.5 Å². The summed E-state index contributed by atoms with van der Waals surface area (Å²) in [5.41, 5.74) is -0.204. The number of methoxy groups -OCH3 is 1. The number of carbonyl (C=O) groups excluding carboxylic acids is 1. The molecule has 1 aliphatic rings. The van der Waals surface area contributed by atoms with Crippen LogP contribution in [0, 0.1) is 0 Å². The predicted octanol–water partition coefficient (Wildman–Crippen LogP) is 5.15. The predicted molar refractivity (Wildman–Crippen MR) is 77.8 cm³/mol. The zero-order valence-electron chi connectivity index (χ0n) is 15.0. The van der Waals surface area contributed by atoms with E-state index in [2.05, 4.69) is 24.4 Å². The fraction of sp³-hybridized carbons (Fsp3) is 0.533. The lowest BCUT2D eigenvalue weighted by Gasteiger charge is -2.34. The monoisotopic (exact) mass is 472 g/mol. The maximum absolute atomic E-state index is 14.3. The summed E-state index contributed by atoms with van der Waals surface area (Å²) in [6.45, 7) is -3.12. The van der Waals surface area contributed by atoms with E-state index < -0.39 is 48.3 Å². The minimum Gasteiger partial charge on any atom is -0.414 e. The molecule has 0 saturated heterocycles. The average Bonchev–Trinajstić information content (AvgIpc) is 3.11. The van der Waals surface area contributed by atoms with Crippen LogP contribution in [-0.2, 0) is 20.8 Å². The highest BCUT2D eigenvalue weighted by Gasteiger charge is 2.75. The van der Waals surface area contributed by atoms with Gasteiger partial charge in [0, 0.05) is 12.7 Å². The van der Waals surface area contributed by atoms with Crippen molar-refractivity contribution in [2.24, 2.45) is 10.2 Å². The first-order valence-corrected chi connectivity index (χ1v) is 7.79. The number of hydrogen-bond donors (Lipinski definition) is 0. The highest BCUT2D eigenvalue weighted by molar-refractivity contribution is 5.90. The van der Waals surface area contributed by atoms with E-state index in [1.54, 1.807) is 0 Å². The van der Waals surface area contributed by atoms with Gasteiger partial charge in [-0.1, -0.05) is 0 Å². The standard InChI is InChI=1S/C15H10F10N2O4/c1-29-12(17,14(21,22)23)15(24,25)30-6-11(16,13(18,19)20)31-10(28)7-2-3-9-8(4-7)5-26-27-9/h2-4H,5-6H2,1H3. The van der Waals surface area contributed by atoms with Crippen LogP contribution in [0.2, 0.25) is 0 Å². The van der Waals surface area contributed by atoms with E-state index in [0.717, 1.165) is 18.2 Å². The van der Waals surface area contributed by atoms with Crippen molar-refractivity contribution < 1.29 is 62.9 Å². The van der Waals surface area contributed by atoms with Crippen LogP contribution in [0.3, 0.4) is 0 Å². The summed E-state index contributed by atoms with van der Waals surface area (Å²) in [6, 6.07) is 2.88. The molecule has 0 radical (unpaired) electrons. The van der Waals surface area contributed by atoms with Gasteiger partial charge in [0.1, 0.15) is 6.61 Å². The highest BCUT2D eigenvalue weighted by atomic mass is 19.4. The van der Waals surface area contributed by atoms with Crippen molar-refractivity contribution in [2.45, 2.75) is 36.7 Å². The van der Waals surface area contributed by atoms with Crippen LogP contribution in [-0.4, -0.2) is 49.9 Å². The van der Waals surface area contributed by atoms with Gasteiger partial charge in [0.15, 0.2) is 0 Å². The maximum Gasteiger partial charge on any atom is 0.462 e. The third kappa shape index (κ3) is 4.58. The Labute approximate surface area is 165 Å². The molecule has 6 nitrogen and oxygen atoms in total. The average molecular weight is 472 g/mol. The molecule has 2 unspecified atom stereocenters. The minimum absolute atomic E-state index is 0.0706. The van der Waals surface area contributed by atoms with Crippen LogP contribution in [0.4, 0.5) is 49.6 Å². The number of ether oxygens (including phenoxy) is 3. The van der Waals surface area contributed by atoms with E-state index in [-0.39, 0.29) is 24.9 Å². The Bertz CT molecular complexity index is 872. The second-order valence-electron chi connectivity index (χ2n) is 5.96. The Hall–Kier alpha value is -2.49. The summed E-state index contributed by atoms with van der Waals surface area (Å²) in [6.07, 6.45) is -18.9. The second-order valence-corrected chi connectivity index (χ2v) is 5.96. The zero-order valence-corrected chi connectivity index (χ0v) is 15.0. The maximum atomic E-state index is 14.3. The molecule has 0 amide bonds. The van der Waals surface area contributed by atoms with Gasteiger partial charge in [-0.3, -0.25) is 0 Å². The molecule has 0 saturated carbocycles. The summed E-state index contributed by atoms with van der Waals surface area (Å²) >= 11 is 0. The number of alkyl halides is 10. The second kappa shape index (κ2) is 7.89. The van der Waals surface area contributed by atoms with Gasteiger partial charge in [0.25, 0.3) is 0 Å². The van der Waals surface area contributed by atoms with Crippen molar-refractivity contribution in [3.63, 3.8) is 0 Å². The molecule has 1 aromatic rings. The van der Waals surface area contributed by atoms with Gasteiger partial charge in [-0.05, 0) is 18.2 Å². The minimum atomic E-state index is -6.49. The van der Waals surface area contributed by atoms with E-state index in [4.69, 9.17) is 0 Å². The summed E-state index contributed by atoms with van der Waals surface area (Å²) in [4.78, 5) is 11.9. The van der Waals surface area contributed by atoms with Gasteiger partial charge < -0.3 is 14.2 Å². The largest absolute Gasteiger partial charge is 0.462 e. The first-order valence-electron chi connectivity index (χ1n) is 7.79. The number of benzene rings is 1. The SMILES string of the molecule is COC(F)(C(F)(F)F)C(F)(F)OCC(F)(OC(=O)c1ccc2c(c1)CN=N2)C(F)(F)F. The Balaban J connectivity index is 2.25. The third-order valence-corrected chi connectivity index (χ3v) is 3.87. The summed E-state index contributed by atoms with van der Waals surface area (Å²) in [5, 5.41) is 7.15. The quantitative estimate of drug-likeness (QED) is 0.407. The molecule has 0 bridgehead atoms. The smallest absolute Gasteiger partial charge is 0.414 e. The number of nitrogens with zero attached hydrogens (tertiary/aromatic N) is 2. The first-order chi connectivity index (χ1) is 14.0. The Morgan fingerprint density at radius 2 is 1.61 bits per heavy atom. The van der Waals surface area contributed by atoms with E-state index in [0.29, 0.717) is 0 Å². The summed E-state index contributed by atoms with van der Waals surface area (Å²) in [7, 11) is -0.177. The van der Waals surface area contributed by atoms with E-state index in [1.165, 1.54) is 0 Å². The van der Waals surface area contributed by atoms with Crippen molar-refractivity contribution in [3.05, 3.63) is 29.3 Å². The molecular formula is C15H10F10N2O4. The van der Waals surface area contributed by atoms with Crippen LogP contribution in [0.15, 0.2) is 28.4 Å². The van der Waals surface area contributed by atoms with Crippen LogP contribution < -0.4 is 0 Å². The van der Waals surface area contributed by atoms with Gasteiger partial charge in [-0.2, -0.15) is 54.1 Å². The Morgan fingerprint density at radius 1 is 1.00 bits per heavy atom. The van der Waals surface area contributed by atoms with Crippen LogP contribution in [0.25, 0.3) is 0 Å². The number of esters is 1. The number of hydrogen-bond acceptors (Lipinski definition) is 6.